The summed E-state index contributed by atoms with van der Waals surface area (Å²) in [4.78, 5) is 7.93. The number of halogens is 1. The topological polar surface area (TPSA) is 61.6 Å². The van der Waals surface area contributed by atoms with Crippen molar-refractivity contribution in [3.63, 3.8) is 0 Å². The number of anilines is 1. The van der Waals surface area contributed by atoms with Crippen LogP contribution in [0.1, 0.15) is 11.3 Å². The maximum absolute atomic E-state index is 8.85. The van der Waals surface area contributed by atoms with Crippen LogP contribution in [0.3, 0.4) is 0 Å². The molecule has 0 aliphatic heterocycles. The zero-order valence-corrected chi connectivity index (χ0v) is 9.65. The maximum Gasteiger partial charge on any atom is 0.115 e. The molecule has 2 aromatic rings. The van der Waals surface area contributed by atoms with Crippen molar-refractivity contribution in [2.75, 3.05) is 5.32 Å². The van der Waals surface area contributed by atoms with Gasteiger partial charge in [0.1, 0.15) is 12.4 Å². The Morgan fingerprint density at radius 2 is 2.24 bits per heavy atom. The summed E-state index contributed by atoms with van der Waals surface area (Å²) in [6.07, 6.45) is 3.19. The van der Waals surface area contributed by atoms with Crippen LogP contribution in [0.5, 0.6) is 0 Å². The smallest absolute Gasteiger partial charge is 0.115 e. The van der Waals surface area contributed by atoms with Gasteiger partial charge < -0.3 is 5.32 Å². The molecule has 4 nitrogen and oxygen atoms in total. The third kappa shape index (κ3) is 2.92. The Morgan fingerprint density at radius 1 is 1.35 bits per heavy atom. The SMILES string of the molecule is N#Cc1cc(NCc2ccncn2)ccc1Cl. The molecule has 0 saturated carbocycles. The number of benzene rings is 1. The van der Waals surface area contributed by atoms with E-state index in [4.69, 9.17) is 16.9 Å². The van der Waals surface area contributed by atoms with E-state index in [1.165, 1.54) is 6.33 Å². The molecule has 0 aliphatic carbocycles. The second kappa shape index (κ2) is 5.28. The molecule has 0 radical (unpaired) electrons. The van der Waals surface area contributed by atoms with Gasteiger partial charge in [0.15, 0.2) is 0 Å². The largest absolute Gasteiger partial charge is 0.379 e. The van der Waals surface area contributed by atoms with Gasteiger partial charge in [-0.25, -0.2) is 9.97 Å². The van der Waals surface area contributed by atoms with Crippen LogP contribution in [0.25, 0.3) is 0 Å². The minimum Gasteiger partial charge on any atom is -0.379 e. The highest BCUT2D eigenvalue weighted by molar-refractivity contribution is 6.31. The zero-order chi connectivity index (χ0) is 12.1. The summed E-state index contributed by atoms with van der Waals surface area (Å²) in [5.41, 5.74) is 2.18. The first-order chi connectivity index (χ1) is 8.29. The van der Waals surface area contributed by atoms with Gasteiger partial charge in [0, 0.05) is 11.9 Å². The van der Waals surface area contributed by atoms with Crippen LogP contribution >= 0.6 is 11.6 Å². The molecule has 5 heteroatoms. The molecular formula is C12H9ClN4. The van der Waals surface area contributed by atoms with Crippen LogP contribution in [-0.4, -0.2) is 9.97 Å². The van der Waals surface area contributed by atoms with Crippen molar-refractivity contribution < 1.29 is 0 Å². The predicted octanol–water partition coefficient (Wildman–Crippen LogP) is 2.61. The standard InChI is InChI=1S/C12H9ClN4/c13-12-2-1-10(5-9(12)6-14)16-7-11-3-4-15-8-17-11/h1-5,8,16H,7H2. The van der Waals surface area contributed by atoms with E-state index in [9.17, 15) is 0 Å². The lowest BCUT2D eigenvalue weighted by Gasteiger charge is -2.06. The van der Waals surface area contributed by atoms with Crippen molar-refractivity contribution in [3.05, 3.63) is 53.1 Å². The quantitative estimate of drug-likeness (QED) is 0.902. The molecule has 1 aromatic heterocycles. The van der Waals surface area contributed by atoms with Crippen LogP contribution < -0.4 is 5.32 Å². The second-order valence-electron chi connectivity index (χ2n) is 3.36. The Labute approximate surface area is 104 Å². The molecular weight excluding hydrogens is 236 g/mol. The Balaban J connectivity index is 2.08. The van der Waals surface area contributed by atoms with E-state index < -0.39 is 0 Å². The lowest BCUT2D eigenvalue weighted by molar-refractivity contribution is 1.01. The summed E-state index contributed by atoms with van der Waals surface area (Å²) in [5, 5.41) is 12.5. The summed E-state index contributed by atoms with van der Waals surface area (Å²) < 4.78 is 0. The molecule has 0 aliphatic rings. The molecule has 1 heterocycles. The van der Waals surface area contributed by atoms with Crippen LogP contribution in [0.4, 0.5) is 5.69 Å². The first kappa shape index (κ1) is 11.4. The molecule has 0 fully saturated rings. The number of hydrogen-bond acceptors (Lipinski definition) is 4. The van der Waals surface area contributed by atoms with Gasteiger partial charge in [0.2, 0.25) is 0 Å². The number of aromatic nitrogens is 2. The highest BCUT2D eigenvalue weighted by Gasteiger charge is 2.01. The zero-order valence-electron chi connectivity index (χ0n) is 8.89. The average Bonchev–Trinajstić information content (AvgIpc) is 2.39. The van der Waals surface area contributed by atoms with Crippen molar-refractivity contribution in [1.82, 2.24) is 9.97 Å². The Bertz CT molecular complexity index is 548. The predicted molar refractivity (Wildman–Crippen MR) is 65.5 cm³/mol. The van der Waals surface area contributed by atoms with Crippen LogP contribution in [0, 0.1) is 11.3 Å². The molecule has 0 unspecified atom stereocenters. The van der Waals surface area contributed by atoms with E-state index in [0.29, 0.717) is 17.1 Å². The fraction of sp³-hybridized carbons (Fsp3) is 0.0833. The summed E-state index contributed by atoms with van der Waals surface area (Å²) in [6.45, 7) is 0.578. The van der Waals surface area contributed by atoms with E-state index in [-0.39, 0.29) is 0 Å². The fourth-order valence-corrected chi connectivity index (χ4v) is 1.50. The van der Waals surface area contributed by atoms with Crippen molar-refractivity contribution in [1.29, 1.82) is 5.26 Å². The Kier molecular flexibility index (Phi) is 3.53. The lowest BCUT2D eigenvalue weighted by atomic mass is 10.2. The first-order valence-electron chi connectivity index (χ1n) is 4.98. The van der Waals surface area contributed by atoms with E-state index in [0.717, 1.165) is 11.4 Å². The van der Waals surface area contributed by atoms with Gasteiger partial charge >= 0.3 is 0 Å². The fourth-order valence-electron chi connectivity index (χ4n) is 1.34. The summed E-state index contributed by atoms with van der Waals surface area (Å²) in [5.74, 6) is 0. The molecule has 1 N–H and O–H groups in total. The molecule has 2 rings (SSSR count). The minimum atomic E-state index is 0.458. The third-order valence-electron chi connectivity index (χ3n) is 2.20. The third-order valence-corrected chi connectivity index (χ3v) is 2.53. The number of nitriles is 1. The van der Waals surface area contributed by atoms with Gasteiger partial charge in [-0.1, -0.05) is 11.6 Å². The monoisotopic (exact) mass is 244 g/mol. The minimum absolute atomic E-state index is 0.458. The Morgan fingerprint density at radius 3 is 2.94 bits per heavy atom. The number of rotatable bonds is 3. The molecule has 0 bridgehead atoms. The van der Waals surface area contributed by atoms with Crippen molar-refractivity contribution in [2.45, 2.75) is 6.54 Å². The molecule has 17 heavy (non-hydrogen) atoms. The Hall–Kier alpha value is -2.12. The van der Waals surface area contributed by atoms with Crippen LogP contribution in [-0.2, 0) is 6.54 Å². The molecule has 0 saturated heterocycles. The first-order valence-corrected chi connectivity index (χ1v) is 5.36. The number of hydrogen-bond donors (Lipinski definition) is 1. The van der Waals surface area contributed by atoms with E-state index in [2.05, 4.69) is 15.3 Å². The van der Waals surface area contributed by atoms with Crippen molar-refractivity contribution in [2.24, 2.45) is 0 Å². The maximum atomic E-state index is 8.85. The summed E-state index contributed by atoms with van der Waals surface area (Å²) in [6, 6.07) is 9.10. The van der Waals surface area contributed by atoms with Crippen molar-refractivity contribution in [3.8, 4) is 6.07 Å². The lowest BCUT2D eigenvalue weighted by Crippen LogP contribution is -2.01. The van der Waals surface area contributed by atoms with Crippen LogP contribution in [0.2, 0.25) is 5.02 Å². The highest BCUT2D eigenvalue weighted by atomic mass is 35.5. The molecule has 0 spiro atoms. The van der Waals surface area contributed by atoms with Gasteiger partial charge in [-0.05, 0) is 24.3 Å². The summed E-state index contributed by atoms with van der Waals surface area (Å²) >= 11 is 5.84. The molecule has 0 amide bonds. The van der Waals surface area contributed by atoms with Gasteiger partial charge in [-0.3, -0.25) is 0 Å². The van der Waals surface area contributed by atoms with Gasteiger partial charge in [-0.2, -0.15) is 5.26 Å². The molecule has 84 valence electrons. The van der Waals surface area contributed by atoms with Gasteiger partial charge in [0.05, 0.1) is 22.8 Å². The van der Waals surface area contributed by atoms with E-state index in [1.807, 2.05) is 18.2 Å². The second-order valence-corrected chi connectivity index (χ2v) is 3.77. The van der Waals surface area contributed by atoms with Gasteiger partial charge in [-0.15, -0.1) is 0 Å². The van der Waals surface area contributed by atoms with E-state index in [1.54, 1.807) is 18.3 Å². The normalized spacial score (nSPS) is 9.65. The average molecular weight is 245 g/mol. The van der Waals surface area contributed by atoms with Crippen molar-refractivity contribution >= 4 is 17.3 Å². The van der Waals surface area contributed by atoms with Crippen LogP contribution in [0.15, 0.2) is 36.8 Å². The van der Waals surface area contributed by atoms with E-state index >= 15 is 0 Å². The number of nitrogens with zero attached hydrogens (tertiary/aromatic N) is 3. The molecule has 0 atom stereocenters. The molecule has 1 aromatic carbocycles. The van der Waals surface area contributed by atoms with Gasteiger partial charge in [0.25, 0.3) is 0 Å². The number of nitrogens with one attached hydrogen (secondary N) is 1. The highest BCUT2D eigenvalue weighted by Crippen LogP contribution is 2.19. The summed E-state index contributed by atoms with van der Waals surface area (Å²) in [7, 11) is 0.